The number of nitrogens with zero attached hydrogens (tertiary/aromatic N) is 1. The molecule has 1 saturated carbocycles. The van der Waals surface area contributed by atoms with E-state index in [1.54, 1.807) is 27.3 Å². The van der Waals surface area contributed by atoms with Crippen molar-refractivity contribution in [3.63, 3.8) is 0 Å². The lowest BCUT2D eigenvalue weighted by atomic mass is 9.77. The molecule has 0 bridgehead atoms. The van der Waals surface area contributed by atoms with Gasteiger partial charge in [-0.25, -0.2) is 4.79 Å². The third-order valence-corrected chi connectivity index (χ3v) is 7.42. The summed E-state index contributed by atoms with van der Waals surface area (Å²) in [6.07, 6.45) is 4.39. The second-order valence-electron chi connectivity index (χ2n) is 10.7. The van der Waals surface area contributed by atoms with Crippen LogP contribution >= 0.6 is 0 Å². The van der Waals surface area contributed by atoms with E-state index in [0.717, 1.165) is 24.0 Å². The van der Waals surface area contributed by atoms with E-state index in [0.29, 0.717) is 43.2 Å². The first-order valence-corrected chi connectivity index (χ1v) is 12.5. The van der Waals surface area contributed by atoms with E-state index in [1.165, 1.54) is 6.07 Å². The summed E-state index contributed by atoms with van der Waals surface area (Å²) in [7, 11) is 3.37. The fourth-order valence-electron chi connectivity index (χ4n) is 5.19. The maximum atomic E-state index is 13.0. The van der Waals surface area contributed by atoms with Crippen molar-refractivity contribution in [1.82, 2.24) is 4.57 Å². The van der Waals surface area contributed by atoms with E-state index in [1.807, 2.05) is 16.7 Å². The van der Waals surface area contributed by atoms with Crippen LogP contribution in [0.5, 0.6) is 5.75 Å². The number of rotatable bonds is 11. The van der Waals surface area contributed by atoms with E-state index in [9.17, 15) is 14.7 Å². The van der Waals surface area contributed by atoms with Crippen molar-refractivity contribution >= 4 is 5.97 Å². The third-order valence-electron chi connectivity index (χ3n) is 7.42. The molecule has 1 fully saturated rings. The second-order valence-corrected chi connectivity index (χ2v) is 10.7. The summed E-state index contributed by atoms with van der Waals surface area (Å²) < 4.78 is 24.3. The zero-order valence-corrected chi connectivity index (χ0v) is 21.9. The van der Waals surface area contributed by atoms with E-state index >= 15 is 0 Å². The zero-order chi connectivity index (χ0) is 26.1. The van der Waals surface area contributed by atoms with Gasteiger partial charge in [0.25, 0.3) is 0 Å². The van der Waals surface area contributed by atoms with E-state index < -0.39 is 11.4 Å². The molecule has 1 aliphatic carbocycles. The molecule has 0 amide bonds. The largest absolute Gasteiger partial charge is 0.493 e. The molecule has 0 spiro atoms. The number of hydrogen-bond donors (Lipinski definition) is 1. The fraction of sp³-hybridized carbons (Fsp3) is 0.571. The number of carbonyl (C=O) groups excluding carboxylic acids is 1. The minimum absolute atomic E-state index is 0.0116. The fourth-order valence-corrected chi connectivity index (χ4v) is 5.19. The number of hydrogen-bond acceptors (Lipinski definition) is 7. The summed E-state index contributed by atoms with van der Waals surface area (Å²) in [5.41, 5.74) is 2.58. The van der Waals surface area contributed by atoms with Gasteiger partial charge in [0.05, 0.1) is 38.7 Å². The molecule has 8 nitrogen and oxygen atoms in total. The topological polar surface area (TPSA) is 96.2 Å². The number of esters is 1. The first-order valence-electron chi connectivity index (χ1n) is 12.5. The SMILES string of the molecule is CCOC(=O)c1cn2c(cc1=O)-c1cc(CO)c(OCC3(COC)CC3)cc1CC2C(C)(C)COC. The number of ether oxygens (including phenoxy) is 4. The Kier molecular flexibility index (Phi) is 7.59. The van der Waals surface area contributed by atoms with Crippen LogP contribution in [-0.4, -0.2) is 56.3 Å². The maximum Gasteiger partial charge on any atom is 0.343 e. The van der Waals surface area contributed by atoms with Crippen molar-refractivity contribution < 1.29 is 28.8 Å². The highest BCUT2D eigenvalue weighted by molar-refractivity contribution is 5.89. The number of benzene rings is 1. The second kappa shape index (κ2) is 10.4. The summed E-state index contributed by atoms with van der Waals surface area (Å²) in [4.78, 5) is 25.5. The molecule has 1 aliphatic heterocycles. The van der Waals surface area contributed by atoms with Gasteiger partial charge < -0.3 is 28.6 Å². The highest BCUT2D eigenvalue weighted by atomic mass is 16.5. The van der Waals surface area contributed by atoms with Crippen LogP contribution in [0.4, 0.5) is 0 Å². The van der Waals surface area contributed by atoms with Crippen LogP contribution in [0.2, 0.25) is 0 Å². The first-order chi connectivity index (χ1) is 17.2. The van der Waals surface area contributed by atoms with E-state index in [4.69, 9.17) is 18.9 Å². The molecule has 1 unspecified atom stereocenters. The average molecular weight is 500 g/mol. The van der Waals surface area contributed by atoms with Crippen LogP contribution < -0.4 is 10.2 Å². The number of methoxy groups -OCH3 is 2. The lowest BCUT2D eigenvalue weighted by Gasteiger charge is -2.41. The molecule has 36 heavy (non-hydrogen) atoms. The van der Waals surface area contributed by atoms with Gasteiger partial charge in [-0.3, -0.25) is 4.79 Å². The normalized spacial score (nSPS) is 17.8. The number of fused-ring (bicyclic) bond motifs is 3. The maximum absolute atomic E-state index is 13.0. The van der Waals surface area contributed by atoms with Gasteiger partial charge >= 0.3 is 5.97 Å². The molecule has 2 heterocycles. The molecule has 4 rings (SSSR count). The lowest BCUT2D eigenvalue weighted by Crippen LogP contribution is -2.37. The van der Waals surface area contributed by atoms with Gasteiger partial charge in [-0.15, -0.1) is 0 Å². The molecule has 2 aliphatic rings. The summed E-state index contributed by atoms with van der Waals surface area (Å²) in [5, 5.41) is 10.1. The van der Waals surface area contributed by atoms with Crippen LogP contribution in [0.25, 0.3) is 11.3 Å². The number of aliphatic hydroxyl groups is 1. The molecular formula is C28H37NO7. The molecular weight excluding hydrogens is 462 g/mol. The molecule has 1 N–H and O–H groups in total. The number of aliphatic hydroxyl groups excluding tert-OH is 1. The van der Waals surface area contributed by atoms with Crippen molar-refractivity contribution in [2.45, 2.75) is 52.7 Å². The van der Waals surface area contributed by atoms with Crippen molar-refractivity contribution in [3.8, 4) is 17.0 Å². The van der Waals surface area contributed by atoms with Crippen molar-refractivity contribution in [3.05, 3.63) is 51.3 Å². The van der Waals surface area contributed by atoms with E-state index in [-0.39, 0.29) is 35.6 Å². The zero-order valence-electron chi connectivity index (χ0n) is 21.9. The van der Waals surface area contributed by atoms with Crippen molar-refractivity contribution in [2.24, 2.45) is 10.8 Å². The Morgan fingerprint density at radius 3 is 2.53 bits per heavy atom. The highest BCUT2D eigenvalue weighted by Crippen LogP contribution is 2.47. The van der Waals surface area contributed by atoms with Crippen LogP contribution in [0.1, 0.15) is 61.1 Å². The van der Waals surface area contributed by atoms with Crippen molar-refractivity contribution in [2.75, 3.05) is 40.6 Å². The molecule has 8 heteroatoms. The number of pyridine rings is 1. The van der Waals surface area contributed by atoms with Gasteiger partial charge in [-0.2, -0.15) is 0 Å². The average Bonchev–Trinajstić information content (AvgIpc) is 3.61. The monoisotopic (exact) mass is 499 g/mol. The molecule has 0 radical (unpaired) electrons. The molecule has 2 aromatic rings. The van der Waals surface area contributed by atoms with Crippen LogP contribution in [0.15, 0.2) is 29.2 Å². The Hall–Kier alpha value is -2.68. The Bertz CT molecular complexity index is 1180. The minimum Gasteiger partial charge on any atom is -0.493 e. The van der Waals surface area contributed by atoms with E-state index in [2.05, 4.69) is 13.8 Å². The number of aromatic nitrogens is 1. The molecule has 196 valence electrons. The predicted molar refractivity (Wildman–Crippen MR) is 135 cm³/mol. The summed E-state index contributed by atoms with van der Waals surface area (Å²) in [6.45, 7) is 7.61. The predicted octanol–water partition coefficient (Wildman–Crippen LogP) is 3.76. The quantitative estimate of drug-likeness (QED) is 0.470. The Balaban J connectivity index is 1.80. The van der Waals surface area contributed by atoms with Gasteiger partial charge in [0.1, 0.15) is 11.3 Å². The highest BCUT2D eigenvalue weighted by Gasteiger charge is 2.44. The first kappa shape index (κ1) is 26.4. The van der Waals surface area contributed by atoms with Gasteiger partial charge in [0.2, 0.25) is 0 Å². The smallest absolute Gasteiger partial charge is 0.343 e. The standard InChI is InChI=1S/C28H37NO7/c1-6-35-26(32)21-13-29-22(12-23(21)31)20-9-19(14-30)24(36-17-28(7-8-28)16-34-5)10-18(20)11-25(29)27(2,3)15-33-4/h9-10,12-13,25,30H,6-8,11,14-17H2,1-5H3. The Morgan fingerprint density at radius 2 is 1.92 bits per heavy atom. The molecule has 1 aromatic carbocycles. The summed E-state index contributed by atoms with van der Waals surface area (Å²) in [6, 6.07) is 5.30. The third kappa shape index (κ3) is 5.08. The molecule has 0 saturated heterocycles. The molecule has 1 atom stereocenters. The molecule has 1 aromatic heterocycles. The van der Waals surface area contributed by atoms with Gasteiger partial charge in [-0.05, 0) is 43.9 Å². The Morgan fingerprint density at radius 1 is 1.17 bits per heavy atom. The van der Waals surface area contributed by atoms with Gasteiger partial charge in [0, 0.05) is 54.5 Å². The summed E-state index contributed by atoms with van der Waals surface area (Å²) in [5.74, 6) is 0.0256. The lowest BCUT2D eigenvalue weighted by molar-refractivity contribution is 0.0516. The minimum atomic E-state index is -0.628. The van der Waals surface area contributed by atoms with Crippen LogP contribution in [0, 0.1) is 10.8 Å². The Labute approximate surface area is 212 Å². The van der Waals surface area contributed by atoms with Crippen molar-refractivity contribution in [1.29, 1.82) is 0 Å². The van der Waals surface area contributed by atoms with Crippen LogP contribution in [-0.2, 0) is 27.2 Å². The number of carbonyl (C=O) groups is 1. The van der Waals surface area contributed by atoms with Gasteiger partial charge in [0.15, 0.2) is 5.43 Å². The van der Waals surface area contributed by atoms with Gasteiger partial charge in [-0.1, -0.05) is 13.8 Å². The summed E-state index contributed by atoms with van der Waals surface area (Å²) >= 11 is 0. The van der Waals surface area contributed by atoms with Crippen LogP contribution in [0.3, 0.4) is 0 Å².